The van der Waals surface area contributed by atoms with Gasteiger partial charge in [0.15, 0.2) is 0 Å². The molecule has 2 rings (SSSR count). The second-order valence-electron chi connectivity index (χ2n) is 2.54. The molecule has 0 bridgehead atoms. The molecule has 2 aromatic rings. The van der Waals surface area contributed by atoms with Crippen molar-refractivity contribution in [2.75, 3.05) is 6.26 Å². The molecule has 0 N–H and O–H groups in total. The molecule has 0 radical (unpaired) electrons. The average Bonchev–Trinajstić information content (AvgIpc) is 2.67. The van der Waals surface area contributed by atoms with Crippen LogP contribution in [-0.2, 0) is 0 Å². The number of hydrogen-bond acceptors (Lipinski definition) is 3. The Balaban J connectivity index is 2.36. The van der Waals surface area contributed by atoms with Gasteiger partial charge in [-0.15, -0.1) is 23.1 Å². The first-order valence-corrected chi connectivity index (χ1v) is 5.99. The minimum Gasteiger partial charge on any atom is -0.255 e. The van der Waals surface area contributed by atoms with Gasteiger partial charge in [0.05, 0.1) is 14.8 Å². The Labute approximate surface area is 85.8 Å². The van der Waals surface area contributed by atoms with Crippen molar-refractivity contribution in [1.29, 1.82) is 0 Å². The average molecular weight is 207 g/mol. The summed E-state index contributed by atoms with van der Waals surface area (Å²) in [5.41, 5.74) is 1.06. The monoisotopic (exact) mass is 207 g/mol. The fourth-order valence-electron chi connectivity index (χ4n) is 1.08. The zero-order valence-corrected chi connectivity index (χ0v) is 8.86. The smallest absolute Gasteiger partial charge is 0.0802 e. The standard InChI is InChI=1S/C10H9NS2/c1-12-10-6-5-9(13-10)8-4-2-3-7-11-8/h2-7H,1H3. The quantitative estimate of drug-likeness (QED) is 0.699. The van der Waals surface area contributed by atoms with Crippen molar-refractivity contribution in [2.45, 2.75) is 4.21 Å². The molecule has 0 aliphatic heterocycles. The van der Waals surface area contributed by atoms with E-state index in [2.05, 4.69) is 23.4 Å². The van der Waals surface area contributed by atoms with Crippen LogP contribution in [0.1, 0.15) is 0 Å². The minimum absolute atomic E-state index is 1.06. The van der Waals surface area contributed by atoms with Crippen molar-refractivity contribution >= 4 is 23.1 Å². The topological polar surface area (TPSA) is 12.9 Å². The van der Waals surface area contributed by atoms with Gasteiger partial charge in [-0.2, -0.15) is 0 Å². The third-order valence-electron chi connectivity index (χ3n) is 1.70. The van der Waals surface area contributed by atoms with Gasteiger partial charge in [-0.1, -0.05) is 6.07 Å². The Morgan fingerprint density at radius 2 is 2.15 bits per heavy atom. The molecule has 0 amide bonds. The van der Waals surface area contributed by atoms with Gasteiger partial charge in [-0.05, 0) is 30.5 Å². The lowest BCUT2D eigenvalue weighted by molar-refractivity contribution is 1.34. The summed E-state index contributed by atoms with van der Waals surface area (Å²) in [6.45, 7) is 0. The van der Waals surface area contributed by atoms with Crippen LogP contribution < -0.4 is 0 Å². The van der Waals surface area contributed by atoms with Gasteiger partial charge < -0.3 is 0 Å². The first kappa shape index (κ1) is 8.78. The number of hydrogen-bond donors (Lipinski definition) is 0. The van der Waals surface area contributed by atoms with Crippen molar-refractivity contribution < 1.29 is 0 Å². The van der Waals surface area contributed by atoms with Crippen LogP contribution >= 0.6 is 23.1 Å². The Morgan fingerprint density at radius 3 is 2.77 bits per heavy atom. The van der Waals surface area contributed by atoms with E-state index in [1.807, 2.05) is 24.4 Å². The van der Waals surface area contributed by atoms with Gasteiger partial charge in [0, 0.05) is 6.20 Å². The first-order chi connectivity index (χ1) is 6.40. The Morgan fingerprint density at radius 1 is 1.23 bits per heavy atom. The molecule has 2 aromatic heterocycles. The number of rotatable bonds is 2. The first-order valence-electron chi connectivity index (χ1n) is 3.95. The second kappa shape index (κ2) is 3.94. The SMILES string of the molecule is CSc1ccc(-c2ccccn2)s1. The van der Waals surface area contributed by atoms with Crippen molar-refractivity contribution in [3.8, 4) is 10.6 Å². The van der Waals surface area contributed by atoms with E-state index in [0.717, 1.165) is 5.69 Å². The molecule has 0 aliphatic carbocycles. The molecule has 2 heterocycles. The van der Waals surface area contributed by atoms with E-state index in [1.165, 1.54) is 9.09 Å². The molecule has 0 saturated carbocycles. The van der Waals surface area contributed by atoms with Crippen molar-refractivity contribution in [3.63, 3.8) is 0 Å². The third-order valence-corrected chi connectivity index (χ3v) is 3.89. The van der Waals surface area contributed by atoms with E-state index in [1.54, 1.807) is 23.1 Å². The lowest BCUT2D eigenvalue weighted by Gasteiger charge is -1.93. The van der Waals surface area contributed by atoms with Gasteiger partial charge in [-0.25, -0.2) is 0 Å². The summed E-state index contributed by atoms with van der Waals surface area (Å²) in [7, 11) is 0. The Hall–Kier alpha value is -0.800. The summed E-state index contributed by atoms with van der Waals surface area (Å²) >= 11 is 3.56. The molecular formula is C10H9NS2. The molecule has 0 aromatic carbocycles. The fourth-order valence-corrected chi connectivity index (χ4v) is 2.60. The molecule has 0 atom stereocenters. The lowest BCUT2D eigenvalue weighted by Crippen LogP contribution is -1.75. The van der Waals surface area contributed by atoms with Crippen LogP contribution in [0, 0.1) is 0 Å². The van der Waals surface area contributed by atoms with Crippen LogP contribution in [0.5, 0.6) is 0 Å². The maximum absolute atomic E-state index is 4.30. The highest BCUT2D eigenvalue weighted by Gasteiger charge is 2.01. The number of thioether (sulfide) groups is 1. The van der Waals surface area contributed by atoms with E-state index in [-0.39, 0.29) is 0 Å². The van der Waals surface area contributed by atoms with Gasteiger partial charge in [0.25, 0.3) is 0 Å². The molecular weight excluding hydrogens is 198 g/mol. The van der Waals surface area contributed by atoms with E-state index >= 15 is 0 Å². The highest BCUT2D eigenvalue weighted by atomic mass is 32.2. The van der Waals surface area contributed by atoms with Gasteiger partial charge in [0.1, 0.15) is 0 Å². The number of pyridine rings is 1. The second-order valence-corrected chi connectivity index (χ2v) is 4.73. The number of thiophene rings is 1. The van der Waals surface area contributed by atoms with E-state index in [4.69, 9.17) is 0 Å². The normalized spacial score (nSPS) is 10.2. The highest BCUT2D eigenvalue weighted by Crippen LogP contribution is 2.31. The summed E-state index contributed by atoms with van der Waals surface area (Å²) in [5, 5.41) is 0. The van der Waals surface area contributed by atoms with E-state index in [0.29, 0.717) is 0 Å². The van der Waals surface area contributed by atoms with Crippen molar-refractivity contribution in [3.05, 3.63) is 36.5 Å². The molecule has 0 spiro atoms. The summed E-state index contributed by atoms with van der Waals surface area (Å²) in [6, 6.07) is 10.3. The maximum Gasteiger partial charge on any atom is 0.0802 e. The molecule has 3 heteroatoms. The van der Waals surface area contributed by atoms with Gasteiger partial charge in [0.2, 0.25) is 0 Å². The maximum atomic E-state index is 4.30. The molecule has 0 saturated heterocycles. The van der Waals surface area contributed by atoms with Crippen molar-refractivity contribution in [2.24, 2.45) is 0 Å². The summed E-state index contributed by atoms with van der Waals surface area (Å²) < 4.78 is 1.33. The van der Waals surface area contributed by atoms with Crippen LogP contribution in [0.15, 0.2) is 40.7 Å². The molecule has 1 nitrogen and oxygen atoms in total. The summed E-state index contributed by atoms with van der Waals surface area (Å²) in [6.07, 6.45) is 3.92. The zero-order valence-electron chi connectivity index (χ0n) is 7.23. The van der Waals surface area contributed by atoms with Crippen LogP contribution in [0.25, 0.3) is 10.6 Å². The number of nitrogens with zero attached hydrogens (tertiary/aromatic N) is 1. The Kier molecular flexibility index (Phi) is 2.66. The largest absolute Gasteiger partial charge is 0.255 e. The van der Waals surface area contributed by atoms with E-state index < -0.39 is 0 Å². The van der Waals surface area contributed by atoms with Crippen LogP contribution in [0.3, 0.4) is 0 Å². The fraction of sp³-hybridized carbons (Fsp3) is 0.100. The third kappa shape index (κ3) is 1.92. The molecule has 0 fully saturated rings. The van der Waals surface area contributed by atoms with Crippen LogP contribution in [0.4, 0.5) is 0 Å². The summed E-state index contributed by atoms with van der Waals surface area (Å²) in [4.78, 5) is 5.54. The summed E-state index contributed by atoms with van der Waals surface area (Å²) in [5.74, 6) is 0. The van der Waals surface area contributed by atoms with E-state index in [9.17, 15) is 0 Å². The molecule has 0 unspecified atom stereocenters. The van der Waals surface area contributed by atoms with Crippen LogP contribution in [0.2, 0.25) is 0 Å². The zero-order chi connectivity index (χ0) is 9.10. The number of aromatic nitrogens is 1. The van der Waals surface area contributed by atoms with Gasteiger partial charge in [-0.3, -0.25) is 4.98 Å². The minimum atomic E-state index is 1.06. The van der Waals surface area contributed by atoms with Crippen LogP contribution in [-0.4, -0.2) is 11.2 Å². The Bertz CT molecular complexity index is 381. The molecule has 66 valence electrons. The molecule has 0 aliphatic rings. The molecule has 13 heavy (non-hydrogen) atoms. The predicted molar refractivity (Wildman–Crippen MR) is 59.3 cm³/mol. The van der Waals surface area contributed by atoms with Gasteiger partial charge >= 0.3 is 0 Å². The predicted octanol–water partition coefficient (Wildman–Crippen LogP) is 3.53. The van der Waals surface area contributed by atoms with Crippen molar-refractivity contribution in [1.82, 2.24) is 4.98 Å². The lowest BCUT2D eigenvalue weighted by atomic mass is 10.3. The highest BCUT2D eigenvalue weighted by molar-refractivity contribution is 8.00.